The van der Waals surface area contributed by atoms with Crippen molar-refractivity contribution in [1.29, 1.82) is 0 Å². The zero-order valence-corrected chi connectivity index (χ0v) is 18.3. The van der Waals surface area contributed by atoms with Gasteiger partial charge in [0.1, 0.15) is 24.7 Å². The third-order valence-corrected chi connectivity index (χ3v) is 4.59. The van der Waals surface area contributed by atoms with E-state index in [0.717, 1.165) is 42.3 Å². The molecular weight excluding hydrogens is 381 g/mol. The highest BCUT2D eigenvalue weighted by Crippen LogP contribution is 2.20. The lowest BCUT2D eigenvalue weighted by Gasteiger charge is -2.22. The Labute approximate surface area is 175 Å². The van der Waals surface area contributed by atoms with Gasteiger partial charge in [-0.1, -0.05) is 24.3 Å². The molecule has 0 heterocycles. The SMILES string of the molecule is Cc1ccc(C)c(OCCN(CCCl)CCOc2cc(C)ccc2C)c1.Cl. The normalized spacial score (nSPS) is 10.6. The van der Waals surface area contributed by atoms with Crippen molar-refractivity contribution in [1.82, 2.24) is 4.90 Å². The highest BCUT2D eigenvalue weighted by atomic mass is 35.5. The van der Waals surface area contributed by atoms with Gasteiger partial charge in [0.25, 0.3) is 0 Å². The lowest BCUT2D eigenvalue weighted by Crippen LogP contribution is -2.34. The van der Waals surface area contributed by atoms with Gasteiger partial charge in [-0.2, -0.15) is 0 Å². The van der Waals surface area contributed by atoms with Crippen molar-refractivity contribution in [3.05, 3.63) is 58.7 Å². The van der Waals surface area contributed by atoms with E-state index in [4.69, 9.17) is 21.1 Å². The third kappa shape index (κ3) is 8.00. The predicted molar refractivity (Wildman–Crippen MR) is 117 cm³/mol. The number of nitrogens with zero attached hydrogens (tertiary/aromatic N) is 1. The summed E-state index contributed by atoms with van der Waals surface area (Å²) in [6.07, 6.45) is 0. The van der Waals surface area contributed by atoms with E-state index in [1.54, 1.807) is 0 Å². The van der Waals surface area contributed by atoms with Gasteiger partial charge in [-0.3, -0.25) is 4.90 Å². The Morgan fingerprint density at radius 3 is 1.59 bits per heavy atom. The number of alkyl halides is 1. The minimum absolute atomic E-state index is 0. The van der Waals surface area contributed by atoms with E-state index in [1.807, 2.05) is 0 Å². The maximum absolute atomic E-state index is 5.97. The number of ether oxygens (including phenoxy) is 2. The largest absolute Gasteiger partial charge is 0.492 e. The molecule has 0 aliphatic heterocycles. The van der Waals surface area contributed by atoms with Crippen LogP contribution >= 0.6 is 24.0 Å². The summed E-state index contributed by atoms with van der Waals surface area (Å²) in [6.45, 7) is 12.1. The second-order valence-electron chi connectivity index (χ2n) is 6.77. The number of hydrogen-bond donors (Lipinski definition) is 0. The van der Waals surface area contributed by atoms with Gasteiger partial charge in [-0.15, -0.1) is 24.0 Å². The molecule has 0 radical (unpaired) electrons. The van der Waals surface area contributed by atoms with Crippen molar-refractivity contribution in [3.8, 4) is 11.5 Å². The van der Waals surface area contributed by atoms with Crippen molar-refractivity contribution >= 4 is 24.0 Å². The minimum Gasteiger partial charge on any atom is -0.492 e. The molecule has 2 aromatic rings. The van der Waals surface area contributed by atoms with Gasteiger partial charge >= 0.3 is 0 Å². The predicted octanol–water partition coefficient (Wildman–Crippen LogP) is 5.34. The van der Waals surface area contributed by atoms with Crippen LogP contribution in [0.25, 0.3) is 0 Å². The Kier molecular flexibility index (Phi) is 10.6. The Hall–Kier alpha value is -1.42. The highest BCUT2D eigenvalue weighted by Gasteiger charge is 2.07. The maximum Gasteiger partial charge on any atom is 0.122 e. The Bertz CT molecular complexity index is 649. The standard InChI is InChI=1S/C22H30ClNO2.ClH/c1-17-5-7-19(3)21(15-17)25-13-11-24(10-9-23)12-14-26-22-16-18(2)6-8-20(22)4;/h5-8,15-16H,9-14H2,1-4H3;1H. The molecule has 27 heavy (non-hydrogen) atoms. The smallest absolute Gasteiger partial charge is 0.122 e. The van der Waals surface area contributed by atoms with Crippen molar-refractivity contribution in [3.63, 3.8) is 0 Å². The Morgan fingerprint density at radius 1 is 0.741 bits per heavy atom. The fourth-order valence-corrected chi connectivity index (χ4v) is 2.99. The van der Waals surface area contributed by atoms with Gasteiger partial charge in [0, 0.05) is 25.5 Å². The van der Waals surface area contributed by atoms with Gasteiger partial charge in [-0.05, 0) is 62.1 Å². The molecule has 0 fully saturated rings. The molecule has 0 aliphatic rings. The molecule has 0 unspecified atom stereocenters. The average Bonchev–Trinajstić information content (AvgIpc) is 2.61. The zero-order chi connectivity index (χ0) is 18.9. The van der Waals surface area contributed by atoms with Crippen LogP contribution in [-0.2, 0) is 0 Å². The van der Waals surface area contributed by atoms with E-state index >= 15 is 0 Å². The molecular formula is C22H31Cl2NO2. The van der Waals surface area contributed by atoms with Gasteiger partial charge in [0.15, 0.2) is 0 Å². The number of hydrogen-bond acceptors (Lipinski definition) is 3. The molecule has 0 atom stereocenters. The molecule has 2 rings (SSSR count). The molecule has 0 spiro atoms. The van der Waals surface area contributed by atoms with Crippen LogP contribution in [0.1, 0.15) is 22.3 Å². The maximum atomic E-state index is 5.97. The first kappa shape index (κ1) is 23.6. The minimum atomic E-state index is 0. The lowest BCUT2D eigenvalue weighted by molar-refractivity contribution is 0.182. The first-order valence-electron chi connectivity index (χ1n) is 9.18. The summed E-state index contributed by atoms with van der Waals surface area (Å²) in [6, 6.07) is 12.6. The summed E-state index contributed by atoms with van der Waals surface area (Å²) in [5.41, 5.74) is 4.76. The van der Waals surface area contributed by atoms with Gasteiger partial charge < -0.3 is 9.47 Å². The molecule has 0 amide bonds. The van der Waals surface area contributed by atoms with Crippen molar-refractivity contribution in [2.45, 2.75) is 27.7 Å². The van der Waals surface area contributed by atoms with Crippen LogP contribution < -0.4 is 9.47 Å². The molecule has 0 saturated carbocycles. The van der Waals surface area contributed by atoms with Crippen LogP contribution in [0.5, 0.6) is 11.5 Å². The Morgan fingerprint density at radius 2 is 1.19 bits per heavy atom. The second-order valence-corrected chi connectivity index (χ2v) is 7.14. The monoisotopic (exact) mass is 411 g/mol. The van der Waals surface area contributed by atoms with Crippen LogP contribution in [0, 0.1) is 27.7 Å². The molecule has 0 saturated heterocycles. The van der Waals surface area contributed by atoms with Crippen LogP contribution in [0.15, 0.2) is 36.4 Å². The molecule has 0 aliphatic carbocycles. The number of benzene rings is 2. The Balaban J connectivity index is 0.00000364. The molecule has 0 bridgehead atoms. The van der Waals surface area contributed by atoms with Gasteiger partial charge in [0.05, 0.1) is 0 Å². The topological polar surface area (TPSA) is 21.7 Å². The van der Waals surface area contributed by atoms with E-state index in [-0.39, 0.29) is 12.4 Å². The number of halogens is 2. The van der Waals surface area contributed by atoms with Crippen molar-refractivity contribution in [2.75, 3.05) is 38.7 Å². The number of rotatable bonds is 10. The zero-order valence-electron chi connectivity index (χ0n) is 16.8. The molecule has 0 N–H and O–H groups in total. The molecule has 2 aromatic carbocycles. The quantitative estimate of drug-likeness (QED) is 0.492. The van der Waals surface area contributed by atoms with Crippen LogP contribution in [-0.4, -0.2) is 43.6 Å². The van der Waals surface area contributed by atoms with Crippen LogP contribution in [0.3, 0.4) is 0 Å². The van der Waals surface area contributed by atoms with E-state index in [2.05, 4.69) is 69.0 Å². The first-order valence-corrected chi connectivity index (χ1v) is 9.71. The summed E-state index contributed by atoms with van der Waals surface area (Å²) in [7, 11) is 0. The average molecular weight is 412 g/mol. The first-order chi connectivity index (χ1) is 12.5. The highest BCUT2D eigenvalue weighted by molar-refractivity contribution is 6.18. The van der Waals surface area contributed by atoms with Crippen LogP contribution in [0.2, 0.25) is 0 Å². The molecule has 150 valence electrons. The summed E-state index contributed by atoms with van der Waals surface area (Å²) in [5.74, 6) is 2.53. The van der Waals surface area contributed by atoms with E-state index in [0.29, 0.717) is 19.1 Å². The third-order valence-electron chi connectivity index (χ3n) is 4.42. The van der Waals surface area contributed by atoms with E-state index < -0.39 is 0 Å². The van der Waals surface area contributed by atoms with Gasteiger partial charge in [0.2, 0.25) is 0 Å². The summed E-state index contributed by atoms with van der Waals surface area (Å²) >= 11 is 5.96. The second kappa shape index (κ2) is 12.1. The molecule has 3 nitrogen and oxygen atoms in total. The fourth-order valence-electron chi connectivity index (χ4n) is 2.75. The summed E-state index contributed by atoms with van der Waals surface area (Å²) in [5, 5.41) is 0. The van der Waals surface area contributed by atoms with Crippen LogP contribution in [0.4, 0.5) is 0 Å². The lowest BCUT2D eigenvalue weighted by atomic mass is 10.1. The van der Waals surface area contributed by atoms with E-state index in [1.165, 1.54) is 11.1 Å². The summed E-state index contributed by atoms with van der Waals surface area (Å²) < 4.78 is 11.9. The fraction of sp³-hybridized carbons (Fsp3) is 0.455. The van der Waals surface area contributed by atoms with Gasteiger partial charge in [-0.25, -0.2) is 0 Å². The van der Waals surface area contributed by atoms with Crippen molar-refractivity contribution in [2.24, 2.45) is 0 Å². The summed E-state index contributed by atoms with van der Waals surface area (Å²) in [4.78, 5) is 2.28. The molecule has 0 aromatic heterocycles. The molecule has 5 heteroatoms. The number of aryl methyl sites for hydroxylation is 4. The van der Waals surface area contributed by atoms with E-state index in [9.17, 15) is 0 Å². The van der Waals surface area contributed by atoms with Crippen molar-refractivity contribution < 1.29 is 9.47 Å².